The van der Waals surface area contributed by atoms with Crippen LogP contribution in [0.2, 0.25) is 0 Å². The molecule has 5 nitrogen and oxygen atoms in total. The van der Waals surface area contributed by atoms with Crippen molar-refractivity contribution in [2.45, 2.75) is 76.4 Å². The Morgan fingerprint density at radius 3 is 2.57 bits per heavy atom. The predicted octanol–water partition coefficient (Wildman–Crippen LogP) is 2.48. The number of hydrogen-bond acceptors (Lipinski definition) is 3. The highest BCUT2D eigenvalue weighted by Crippen LogP contribution is 2.40. The summed E-state index contributed by atoms with van der Waals surface area (Å²) in [5, 5.41) is 7.99. The summed E-state index contributed by atoms with van der Waals surface area (Å²) in [7, 11) is 0. The van der Waals surface area contributed by atoms with Gasteiger partial charge in [-0.05, 0) is 58.9 Å². The molecule has 1 atom stereocenters. The van der Waals surface area contributed by atoms with Crippen LogP contribution in [0.4, 0.5) is 0 Å². The Hall–Kier alpha value is -1.36. The third kappa shape index (κ3) is 3.16. The summed E-state index contributed by atoms with van der Waals surface area (Å²) in [5.41, 5.74) is 1.65. The molecule has 3 aliphatic rings. The first-order valence-corrected chi connectivity index (χ1v) is 9.07. The second kappa shape index (κ2) is 5.33. The van der Waals surface area contributed by atoms with Crippen molar-refractivity contribution in [1.29, 1.82) is 0 Å². The molecule has 1 aromatic heterocycles. The predicted molar refractivity (Wildman–Crippen MR) is 89.7 cm³/mol. The Kier molecular flexibility index (Phi) is 3.52. The summed E-state index contributed by atoms with van der Waals surface area (Å²) in [6, 6.07) is 3.10. The molecule has 5 heteroatoms. The van der Waals surface area contributed by atoms with Crippen LogP contribution >= 0.6 is 0 Å². The molecule has 2 aliphatic carbocycles. The first-order valence-electron chi connectivity index (χ1n) is 9.07. The molecular formula is C18H28N4O. The van der Waals surface area contributed by atoms with Crippen molar-refractivity contribution in [2.75, 3.05) is 13.1 Å². The molecule has 1 amide bonds. The summed E-state index contributed by atoms with van der Waals surface area (Å²) in [5.74, 6) is 0.615. The summed E-state index contributed by atoms with van der Waals surface area (Å²) < 4.78 is 1.92. The van der Waals surface area contributed by atoms with Crippen molar-refractivity contribution in [3.05, 3.63) is 17.5 Å². The zero-order valence-corrected chi connectivity index (χ0v) is 14.5. The van der Waals surface area contributed by atoms with Crippen LogP contribution in [0.15, 0.2) is 6.07 Å². The molecule has 0 bridgehead atoms. The molecule has 0 radical (unpaired) electrons. The zero-order valence-electron chi connectivity index (χ0n) is 14.5. The van der Waals surface area contributed by atoms with Crippen LogP contribution in [0.25, 0.3) is 0 Å². The van der Waals surface area contributed by atoms with Crippen LogP contribution in [-0.4, -0.2) is 45.8 Å². The first kappa shape index (κ1) is 15.2. The average Bonchev–Trinajstić information content (AvgIpc) is 3.41. The van der Waals surface area contributed by atoms with Crippen LogP contribution in [-0.2, 0) is 5.54 Å². The van der Waals surface area contributed by atoms with Crippen LogP contribution in [0.5, 0.6) is 0 Å². The van der Waals surface area contributed by atoms with Crippen molar-refractivity contribution in [2.24, 2.45) is 0 Å². The van der Waals surface area contributed by atoms with Gasteiger partial charge in [0.2, 0.25) is 0 Å². The van der Waals surface area contributed by atoms with E-state index in [1.807, 2.05) is 10.7 Å². The van der Waals surface area contributed by atoms with Crippen LogP contribution < -0.4 is 5.32 Å². The van der Waals surface area contributed by atoms with Gasteiger partial charge in [-0.3, -0.25) is 14.4 Å². The summed E-state index contributed by atoms with van der Waals surface area (Å²) >= 11 is 0. The van der Waals surface area contributed by atoms with E-state index in [0.29, 0.717) is 5.92 Å². The molecule has 3 fully saturated rings. The fraction of sp³-hybridized carbons (Fsp3) is 0.778. The first-order chi connectivity index (χ1) is 10.9. The average molecular weight is 316 g/mol. The Bertz CT molecular complexity index is 607. The molecule has 2 heterocycles. The molecule has 23 heavy (non-hydrogen) atoms. The minimum Gasteiger partial charge on any atom is -0.347 e. The maximum Gasteiger partial charge on any atom is 0.269 e. The molecular weight excluding hydrogens is 288 g/mol. The van der Waals surface area contributed by atoms with Gasteiger partial charge in [0.15, 0.2) is 0 Å². The van der Waals surface area contributed by atoms with Crippen molar-refractivity contribution in [1.82, 2.24) is 20.0 Å². The monoisotopic (exact) mass is 316 g/mol. The molecule has 1 N–H and O–H groups in total. The van der Waals surface area contributed by atoms with E-state index in [1.54, 1.807) is 0 Å². The Morgan fingerprint density at radius 2 is 1.96 bits per heavy atom. The number of likely N-dealkylation sites (tertiary alicyclic amines) is 1. The number of aromatic nitrogens is 2. The quantitative estimate of drug-likeness (QED) is 0.928. The normalized spacial score (nSPS) is 25.8. The van der Waals surface area contributed by atoms with E-state index in [2.05, 4.69) is 31.0 Å². The van der Waals surface area contributed by atoms with Gasteiger partial charge in [0, 0.05) is 31.1 Å². The molecule has 4 rings (SSSR count). The van der Waals surface area contributed by atoms with Gasteiger partial charge in [0.25, 0.3) is 5.91 Å². The number of amides is 1. The topological polar surface area (TPSA) is 50.2 Å². The lowest BCUT2D eigenvalue weighted by molar-refractivity contribution is 0.0919. The second-order valence-corrected chi connectivity index (χ2v) is 8.50. The molecule has 1 saturated heterocycles. The van der Waals surface area contributed by atoms with Crippen molar-refractivity contribution >= 4 is 5.91 Å². The van der Waals surface area contributed by atoms with E-state index in [9.17, 15) is 4.79 Å². The molecule has 1 unspecified atom stereocenters. The smallest absolute Gasteiger partial charge is 0.269 e. The van der Waals surface area contributed by atoms with Gasteiger partial charge in [-0.2, -0.15) is 5.10 Å². The van der Waals surface area contributed by atoms with E-state index < -0.39 is 0 Å². The minimum atomic E-state index is -0.171. The summed E-state index contributed by atoms with van der Waals surface area (Å²) in [6.45, 7) is 8.46. The fourth-order valence-electron chi connectivity index (χ4n) is 3.59. The number of rotatable bonds is 4. The maximum absolute atomic E-state index is 12.8. The van der Waals surface area contributed by atoms with E-state index >= 15 is 0 Å². The van der Waals surface area contributed by atoms with Gasteiger partial charge in [0.1, 0.15) is 5.69 Å². The lowest BCUT2D eigenvalue weighted by Gasteiger charge is -2.23. The fourth-order valence-corrected chi connectivity index (χ4v) is 3.59. The Morgan fingerprint density at radius 1 is 1.22 bits per heavy atom. The highest BCUT2D eigenvalue weighted by atomic mass is 16.2. The van der Waals surface area contributed by atoms with Gasteiger partial charge in [-0.15, -0.1) is 0 Å². The minimum absolute atomic E-state index is 0.0435. The molecule has 2 saturated carbocycles. The van der Waals surface area contributed by atoms with Gasteiger partial charge >= 0.3 is 0 Å². The Balaban J connectivity index is 1.48. The number of nitrogens with zero attached hydrogens (tertiary/aromatic N) is 3. The molecule has 0 aromatic carbocycles. The second-order valence-electron chi connectivity index (χ2n) is 8.50. The van der Waals surface area contributed by atoms with Gasteiger partial charge in [-0.1, -0.05) is 0 Å². The standard InChI is InChI=1S/C18H28N4O/c1-18(2,3)22-16(10-15(20-22)12-4-5-12)17(23)19-13-8-9-21(11-13)14-6-7-14/h10,12-14H,4-9,11H2,1-3H3,(H,19,23). The number of carbonyl (C=O) groups is 1. The van der Waals surface area contributed by atoms with Crippen LogP contribution in [0.3, 0.4) is 0 Å². The van der Waals surface area contributed by atoms with E-state index in [0.717, 1.165) is 36.9 Å². The van der Waals surface area contributed by atoms with E-state index in [-0.39, 0.29) is 17.5 Å². The number of nitrogens with one attached hydrogen (secondary N) is 1. The summed E-state index contributed by atoms with van der Waals surface area (Å²) in [6.07, 6.45) is 6.16. The maximum atomic E-state index is 12.8. The summed E-state index contributed by atoms with van der Waals surface area (Å²) in [4.78, 5) is 15.4. The Labute approximate surface area is 138 Å². The molecule has 1 aromatic rings. The number of carbonyl (C=O) groups excluding carboxylic acids is 1. The lowest BCUT2D eigenvalue weighted by Crippen LogP contribution is -2.39. The number of hydrogen-bond donors (Lipinski definition) is 1. The zero-order chi connectivity index (χ0) is 16.2. The largest absolute Gasteiger partial charge is 0.347 e. The van der Waals surface area contributed by atoms with Crippen molar-refractivity contribution in [3.8, 4) is 0 Å². The van der Waals surface area contributed by atoms with E-state index in [4.69, 9.17) is 5.10 Å². The van der Waals surface area contributed by atoms with Gasteiger partial charge in [-0.25, -0.2) is 0 Å². The highest BCUT2D eigenvalue weighted by molar-refractivity contribution is 5.93. The lowest BCUT2D eigenvalue weighted by atomic mass is 10.1. The van der Waals surface area contributed by atoms with Crippen molar-refractivity contribution < 1.29 is 4.79 Å². The molecule has 0 spiro atoms. The van der Waals surface area contributed by atoms with E-state index in [1.165, 1.54) is 25.7 Å². The van der Waals surface area contributed by atoms with Crippen LogP contribution in [0.1, 0.15) is 75.0 Å². The van der Waals surface area contributed by atoms with Gasteiger partial charge in [0.05, 0.1) is 11.2 Å². The van der Waals surface area contributed by atoms with Gasteiger partial charge < -0.3 is 5.32 Å². The molecule has 126 valence electrons. The highest BCUT2D eigenvalue weighted by Gasteiger charge is 2.36. The third-order valence-electron chi connectivity index (χ3n) is 5.21. The third-order valence-corrected chi connectivity index (χ3v) is 5.21. The van der Waals surface area contributed by atoms with Crippen molar-refractivity contribution in [3.63, 3.8) is 0 Å². The SMILES string of the molecule is CC(C)(C)n1nc(C2CC2)cc1C(=O)NC1CCN(C2CC2)C1. The van der Waals surface area contributed by atoms with Crippen LogP contribution in [0, 0.1) is 0 Å². The molecule has 1 aliphatic heterocycles.